The van der Waals surface area contributed by atoms with E-state index in [1.165, 1.54) is 11.8 Å². The number of aliphatic hydroxyl groups excluding tert-OH is 1. The van der Waals surface area contributed by atoms with Gasteiger partial charge in [0.05, 0.1) is 21.8 Å². The third-order valence-corrected chi connectivity index (χ3v) is 6.93. The van der Waals surface area contributed by atoms with Gasteiger partial charge in [-0.3, -0.25) is 0 Å². The number of nitrogen functional groups attached to an aromatic ring is 1. The van der Waals surface area contributed by atoms with Gasteiger partial charge in [0, 0.05) is 11.3 Å². The van der Waals surface area contributed by atoms with Crippen molar-refractivity contribution in [3.05, 3.63) is 21.4 Å². The predicted molar refractivity (Wildman–Crippen MR) is 87.7 cm³/mol. The summed E-state index contributed by atoms with van der Waals surface area (Å²) in [5, 5.41) is 8.80. The summed E-state index contributed by atoms with van der Waals surface area (Å²) in [5.74, 6) is -1.07. The SMILES string of the molecule is CSC(CO)C(C)NS(=O)(=O)c1cc(Cl)c(Br)c(N)c1F. The Morgan fingerprint density at radius 1 is 1.62 bits per heavy atom. The number of hydrogen-bond acceptors (Lipinski definition) is 5. The second-order valence-electron chi connectivity index (χ2n) is 4.26. The van der Waals surface area contributed by atoms with Crippen molar-refractivity contribution in [2.24, 2.45) is 0 Å². The number of anilines is 1. The minimum absolute atomic E-state index is 0.00879. The molecule has 2 atom stereocenters. The highest BCUT2D eigenvalue weighted by atomic mass is 79.9. The Bertz CT molecular complexity index is 626. The zero-order valence-corrected chi connectivity index (χ0v) is 15.2. The molecule has 0 saturated carbocycles. The maximum Gasteiger partial charge on any atom is 0.243 e. The maximum absolute atomic E-state index is 14.1. The van der Waals surface area contributed by atoms with Crippen LogP contribution in [-0.2, 0) is 10.0 Å². The fourth-order valence-corrected chi connectivity index (χ4v) is 4.29. The van der Waals surface area contributed by atoms with Gasteiger partial charge in [0.15, 0.2) is 5.82 Å². The molecule has 0 radical (unpaired) electrons. The quantitative estimate of drug-likeness (QED) is 0.484. The molecule has 0 heterocycles. The summed E-state index contributed by atoms with van der Waals surface area (Å²) in [6, 6.07) is 0.387. The van der Waals surface area contributed by atoms with Crippen molar-refractivity contribution in [3.8, 4) is 0 Å². The van der Waals surface area contributed by atoms with Gasteiger partial charge in [-0.15, -0.1) is 0 Å². The number of aliphatic hydroxyl groups is 1. The van der Waals surface area contributed by atoms with Gasteiger partial charge in [0.25, 0.3) is 0 Å². The van der Waals surface area contributed by atoms with Crippen LogP contribution in [0.3, 0.4) is 0 Å². The van der Waals surface area contributed by atoms with Crippen molar-refractivity contribution in [1.29, 1.82) is 0 Å². The van der Waals surface area contributed by atoms with Gasteiger partial charge in [0.1, 0.15) is 4.90 Å². The molecule has 120 valence electrons. The Morgan fingerprint density at radius 2 is 2.19 bits per heavy atom. The lowest BCUT2D eigenvalue weighted by Gasteiger charge is -2.21. The monoisotopic (exact) mass is 420 g/mol. The van der Waals surface area contributed by atoms with Crippen molar-refractivity contribution in [3.63, 3.8) is 0 Å². The first-order chi connectivity index (χ1) is 9.65. The van der Waals surface area contributed by atoms with Gasteiger partial charge in [0.2, 0.25) is 10.0 Å². The first-order valence-corrected chi connectivity index (χ1v) is 9.68. The fraction of sp³-hybridized carbons (Fsp3) is 0.455. The molecule has 1 aromatic carbocycles. The molecule has 0 aliphatic heterocycles. The zero-order valence-electron chi connectivity index (χ0n) is 11.2. The van der Waals surface area contributed by atoms with E-state index < -0.39 is 26.8 Å². The van der Waals surface area contributed by atoms with E-state index in [0.29, 0.717) is 0 Å². The molecule has 0 aliphatic carbocycles. The summed E-state index contributed by atoms with van der Waals surface area (Å²) in [7, 11) is -4.15. The van der Waals surface area contributed by atoms with E-state index in [1.54, 1.807) is 13.2 Å². The lowest BCUT2D eigenvalue weighted by Crippen LogP contribution is -2.41. The van der Waals surface area contributed by atoms with Crippen LogP contribution in [0.15, 0.2) is 15.4 Å². The third kappa shape index (κ3) is 4.23. The van der Waals surface area contributed by atoms with Crippen molar-refractivity contribution < 1.29 is 17.9 Å². The standard InChI is InChI=1S/C11H15BrClFN2O3S2/c1-5(7(4-17)20-2)16-21(18,19)8-3-6(13)9(12)11(15)10(8)14/h3,5,7,16-17H,4,15H2,1-2H3. The van der Waals surface area contributed by atoms with Crippen LogP contribution >= 0.6 is 39.3 Å². The summed E-state index contributed by atoms with van der Waals surface area (Å²) < 4.78 is 41.0. The topological polar surface area (TPSA) is 92.4 Å². The minimum atomic E-state index is -4.15. The van der Waals surface area contributed by atoms with Crippen LogP contribution in [0.25, 0.3) is 0 Å². The van der Waals surface area contributed by atoms with E-state index >= 15 is 0 Å². The van der Waals surface area contributed by atoms with Crippen LogP contribution in [0.4, 0.5) is 10.1 Å². The molecular weight excluding hydrogens is 407 g/mol. The highest BCUT2D eigenvalue weighted by Crippen LogP contribution is 2.34. The lowest BCUT2D eigenvalue weighted by molar-refractivity contribution is 0.282. The van der Waals surface area contributed by atoms with Gasteiger partial charge < -0.3 is 10.8 Å². The van der Waals surface area contributed by atoms with E-state index in [9.17, 15) is 12.8 Å². The summed E-state index contributed by atoms with van der Waals surface area (Å²) in [6.07, 6.45) is 1.74. The number of halogens is 3. The van der Waals surface area contributed by atoms with Gasteiger partial charge in [-0.2, -0.15) is 11.8 Å². The summed E-state index contributed by atoms with van der Waals surface area (Å²) >= 11 is 10.1. The number of nitrogens with one attached hydrogen (secondary N) is 1. The minimum Gasteiger partial charge on any atom is -0.395 e. The first-order valence-electron chi connectivity index (χ1n) is 5.74. The van der Waals surface area contributed by atoms with Crippen molar-refractivity contribution >= 4 is 55.0 Å². The molecule has 0 fully saturated rings. The largest absolute Gasteiger partial charge is 0.395 e. The highest BCUT2D eigenvalue weighted by Gasteiger charge is 2.28. The Hall–Kier alpha value is -0.0600. The second kappa shape index (κ2) is 7.47. The lowest BCUT2D eigenvalue weighted by atomic mass is 10.3. The Kier molecular flexibility index (Phi) is 6.76. The van der Waals surface area contributed by atoms with Crippen LogP contribution < -0.4 is 10.5 Å². The number of nitrogens with two attached hydrogens (primary N) is 1. The van der Waals surface area contributed by atoms with Crippen molar-refractivity contribution in [2.45, 2.75) is 23.1 Å². The van der Waals surface area contributed by atoms with Crippen LogP contribution in [0.2, 0.25) is 5.02 Å². The molecule has 5 nitrogen and oxygen atoms in total. The average Bonchev–Trinajstić information content (AvgIpc) is 2.41. The summed E-state index contributed by atoms with van der Waals surface area (Å²) in [4.78, 5) is -0.627. The summed E-state index contributed by atoms with van der Waals surface area (Å²) in [6.45, 7) is 1.37. The van der Waals surface area contributed by atoms with Gasteiger partial charge >= 0.3 is 0 Å². The molecule has 0 amide bonds. The summed E-state index contributed by atoms with van der Waals surface area (Å²) in [5.41, 5.74) is 5.10. The normalized spacial score (nSPS) is 15.0. The molecule has 1 rings (SSSR count). The Balaban J connectivity index is 3.21. The van der Waals surface area contributed by atoms with Gasteiger partial charge in [-0.05, 0) is 35.2 Å². The van der Waals surface area contributed by atoms with E-state index in [2.05, 4.69) is 20.7 Å². The van der Waals surface area contributed by atoms with Crippen molar-refractivity contribution in [2.75, 3.05) is 18.6 Å². The van der Waals surface area contributed by atoms with E-state index in [1.807, 2.05) is 0 Å². The smallest absolute Gasteiger partial charge is 0.243 e. The van der Waals surface area contributed by atoms with Crippen LogP contribution in [0, 0.1) is 5.82 Å². The molecule has 0 saturated heterocycles. The highest BCUT2D eigenvalue weighted by molar-refractivity contribution is 9.10. The second-order valence-corrected chi connectivity index (χ2v) is 8.22. The maximum atomic E-state index is 14.1. The van der Waals surface area contributed by atoms with E-state index in [-0.39, 0.29) is 27.0 Å². The molecular formula is C11H15BrClFN2O3S2. The predicted octanol–water partition coefficient (Wildman–Crippen LogP) is 2.21. The molecule has 21 heavy (non-hydrogen) atoms. The van der Waals surface area contributed by atoms with Crippen LogP contribution in [0.1, 0.15) is 6.92 Å². The van der Waals surface area contributed by atoms with Crippen LogP contribution in [0.5, 0.6) is 0 Å². The molecule has 0 aromatic heterocycles. The molecule has 4 N–H and O–H groups in total. The number of benzene rings is 1. The number of sulfonamides is 1. The fourth-order valence-electron chi connectivity index (χ4n) is 1.62. The van der Waals surface area contributed by atoms with Gasteiger partial charge in [-0.25, -0.2) is 17.5 Å². The molecule has 1 aromatic rings. The number of rotatable bonds is 6. The van der Waals surface area contributed by atoms with E-state index in [0.717, 1.165) is 6.07 Å². The molecule has 10 heteroatoms. The first kappa shape index (κ1) is 19.0. The third-order valence-electron chi connectivity index (χ3n) is 2.83. The Labute approximate surface area is 140 Å². The zero-order chi connectivity index (χ0) is 16.4. The average molecular weight is 422 g/mol. The Morgan fingerprint density at radius 3 is 2.67 bits per heavy atom. The molecule has 0 spiro atoms. The number of hydrogen-bond donors (Lipinski definition) is 3. The number of thioether (sulfide) groups is 1. The van der Waals surface area contributed by atoms with E-state index in [4.69, 9.17) is 22.4 Å². The van der Waals surface area contributed by atoms with Crippen LogP contribution in [-0.4, -0.2) is 37.7 Å². The molecule has 2 unspecified atom stereocenters. The molecule has 0 aliphatic rings. The van der Waals surface area contributed by atoms with Crippen molar-refractivity contribution in [1.82, 2.24) is 4.72 Å². The van der Waals surface area contributed by atoms with Gasteiger partial charge in [-0.1, -0.05) is 11.6 Å². The molecule has 0 bridgehead atoms.